The minimum absolute atomic E-state index is 0.218. The molecule has 0 bridgehead atoms. The highest BCUT2D eigenvalue weighted by molar-refractivity contribution is 5.99. The molecule has 6 heteroatoms. The predicted octanol–water partition coefficient (Wildman–Crippen LogP) is 4.07. The minimum Gasteiger partial charge on any atom is -0.497 e. The standard InChI is InChI=1S/C22H19N3O3/c1-27-18-11-9-16(10-12-18)14-23-22(26)19-15-25(17-6-3-2-4-7-17)24-21(19)20-8-5-13-28-20/h2-13,15H,14H2,1H3,(H,23,26). The van der Waals surface area contributed by atoms with Gasteiger partial charge in [-0.1, -0.05) is 30.3 Å². The molecule has 2 aromatic carbocycles. The van der Waals surface area contributed by atoms with E-state index < -0.39 is 0 Å². The van der Waals surface area contributed by atoms with E-state index in [1.54, 1.807) is 36.4 Å². The highest BCUT2D eigenvalue weighted by atomic mass is 16.5. The van der Waals surface area contributed by atoms with E-state index >= 15 is 0 Å². The van der Waals surface area contributed by atoms with Crippen LogP contribution < -0.4 is 10.1 Å². The maximum Gasteiger partial charge on any atom is 0.255 e. The van der Waals surface area contributed by atoms with Crippen molar-refractivity contribution in [2.24, 2.45) is 0 Å². The van der Waals surface area contributed by atoms with E-state index in [4.69, 9.17) is 9.15 Å². The number of furan rings is 1. The molecule has 0 radical (unpaired) electrons. The Morgan fingerprint density at radius 2 is 1.86 bits per heavy atom. The van der Waals surface area contributed by atoms with E-state index in [2.05, 4.69) is 10.4 Å². The summed E-state index contributed by atoms with van der Waals surface area (Å²) in [6.07, 6.45) is 3.28. The van der Waals surface area contributed by atoms with Crippen LogP contribution in [0, 0.1) is 0 Å². The largest absolute Gasteiger partial charge is 0.497 e. The quantitative estimate of drug-likeness (QED) is 0.553. The van der Waals surface area contributed by atoms with Gasteiger partial charge in [-0.05, 0) is 42.0 Å². The summed E-state index contributed by atoms with van der Waals surface area (Å²) in [5, 5.41) is 7.51. The number of para-hydroxylation sites is 1. The Morgan fingerprint density at radius 1 is 1.07 bits per heavy atom. The summed E-state index contributed by atoms with van der Waals surface area (Å²) in [6.45, 7) is 0.400. The van der Waals surface area contributed by atoms with E-state index in [1.165, 1.54) is 0 Å². The minimum atomic E-state index is -0.218. The molecule has 4 aromatic rings. The maximum absolute atomic E-state index is 12.9. The third kappa shape index (κ3) is 3.66. The Morgan fingerprint density at radius 3 is 2.54 bits per heavy atom. The van der Waals surface area contributed by atoms with Gasteiger partial charge in [0.05, 0.1) is 24.6 Å². The lowest BCUT2D eigenvalue weighted by atomic mass is 10.1. The van der Waals surface area contributed by atoms with E-state index in [0.29, 0.717) is 23.6 Å². The van der Waals surface area contributed by atoms with Crippen molar-refractivity contribution in [2.45, 2.75) is 6.54 Å². The molecule has 1 amide bonds. The third-order valence-electron chi connectivity index (χ3n) is 4.35. The molecule has 28 heavy (non-hydrogen) atoms. The van der Waals surface area contributed by atoms with Gasteiger partial charge in [0.15, 0.2) is 5.76 Å². The van der Waals surface area contributed by atoms with Crippen LogP contribution in [0.2, 0.25) is 0 Å². The van der Waals surface area contributed by atoms with Gasteiger partial charge in [-0.2, -0.15) is 5.10 Å². The zero-order chi connectivity index (χ0) is 19.3. The van der Waals surface area contributed by atoms with Crippen LogP contribution in [0.5, 0.6) is 5.75 Å². The van der Waals surface area contributed by atoms with Gasteiger partial charge < -0.3 is 14.5 Å². The third-order valence-corrected chi connectivity index (χ3v) is 4.35. The Kier molecular flexibility index (Phi) is 4.93. The first-order valence-corrected chi connectivity index (χ1v) is 8.84. The number of rotatable bonds is 6. The maximum atomic E-state index is 12.9. The first-order chi connectivity index (χ1) is 13.7. The van der Waals surface area contributed by atoms with Crippen molar-refractivity contribution in [1.29, 1.82) is 0 Å². The number of methoxy groups -OCH3 is 1. The Balaban J connectivity index is 1.59. The lowest BCUT2D eigenvalue weighted by Gasteiger charge is -2.06. The highest BCUT2D eigenvalue weighted by Crippen LogP contribution is 2.24. The summed E-state index contributed by atoms with van der Waals surface area (Å²) >= 11 is 0. The number of ether oxygens (including phenoxy) is 1. The van der Waals surface area contributed by atoms with Crippen LogP contribution in [0.15, 0.2) is 83.6 Å². The molecule has 4 rings (SSSR count). The van der Waals surface area contributed by atoms with Crippen molar-refractivity contribution in [1.82, 2.24) is 15.1 Å². The van der Waals surface area contributed by atoms with Gasteiger partial charge in [-0.3, -0.25) is 4.79 Å². The number of hydrogen-bond acceptors (Lipinski definition) is 4. The van der Waals surface area contributed by atoms with Crippen LogP contribution in [0.1, 0.15) is 15.9 Å². The smallest absolute Gasteiger partial charge is 0.255 e. The number of hydrogen-bond donors (Lipinski definition) is 1. The Hall–Kier alpha value is -3.80. The summed E-state index contributed by atoms with van der Waals surface area (Å²) in [6, 6.07) is 20.8. The van der Waals surface area contributed by atoms with Crippen molar-refractivity contribution in [3.8, 4) is 22.9 Å². The second kappa shape index (κ2) is 7.84. The normalized spacial score (nSPS) is 10.6. The molecule has 0 aliphatic heterocycles. The molecule has 0 aliphatic carbocycles. The second-order valence-electron chi connectivity index (χ2n) is 6.18. The van der Waals surface area contributed by atoms with Crippen LogP contribution in [0.4, 0.5) is 0 Å². The van der Waals surface area contributed by atoms with Crippen LogP contribution in [0.25, 0.3) is 17.1 Å². The predicted molar refractivity (Wildman–Crippen MR) is 105 cm³/mol. The van der Waals surface area contributed by atoms with Crippen molar-refractivity contribution >= 4 is 5.91 Å². The van der Waals surface area contributed by atoms with Gasteiger partial charge in [0, 0.05) is 12.7 Å². The van der Waals surface area contributed by atoms with Crippen LogP contribution in [-0.2, 0) is 6.54 Å². The fourth-order valence-corrected chi connectivity index (χ4v) is 2.87. The molecule has 0 spiro atoms. The lowest BCUT2D eigenvalue weighted by Crippen LogP contribution is -2.23. The summed E-state index contributed by atoms with van der Waals surface area (Å²) in [4.78, 5) is 12.9. The van der Waals surface area contributed by atoms with Gasteiger partial charge in [0.25, 0.3) is 5.91 Å². The van der Waals surface area contributed by atoms with Crippen LogP contribution in [-0.4, -0.2) is 22.8 Å². The molecule has 0 aliphatic rings. The molecule has 6 nitrogen and oxygen atoms in total. The van der Waals surface area contributed by atoms with E-state index in [-0.39, 0.29) is 5.91 Å². The van der Waals surface area contributed by atoms with E-state index in [1.807, 2.05) is 54.6 Å². The number of amides is 1. The summed E-state index contributed by atoms with van der Waals surface area (Å²) in [5.74, 6) is 1.10. The molecule has 2 aromatic heterocycles. The number of nitrogens with zero attached hydrogens (tertiary/aromatic N) is 2. The molecular formula is C22H19N3O3. The van der Waals surface area contributed by atoms with Gasteiger partial charge in [0.2, 0.25) is 0 Å². The summed E-state index contributed by atoms with van der Waals surface area (Å²) in [5.41, 5.74) is 2.79. The number of carbonyl (C=O) groups excluding carboxylic acids is 1. The van der Waals surface area contributed by atoms with Gasteiger partial charge in [-0.15, -0.1) is 0 Å². The first kappa shape index (κ1) is 17.6. The zero-order valence-corrected chi connectivity index (χ0v) is 15.3. The number of nitrogens with one attached hydrogen (secondary N) is 1. The second-order valence-corrected chi connectivity index (χ2v) is 6.18. The highest BCUT2D eigenvalue weighted by Gasteiger charge is 2.20. The molecule has 0 fully saturated rings. The first-order valence-electron chi connectivity index (χ1n) is 8.84. The van der Waals surface area contributed by atoms with Crippen molar-refractivity contribution < 1.29 is 13.9 Å². The number of benzene rings is 2. The number of aromatic nitrogens is 2. The SMILES string of the molecule is COc1ccc(CNC(=O)c2cn(-c3ccccc3)nc2-c2ccco2)cc1. The average molecular weight is 373 g/mol. The molecule has 2 heterocycles. The molecule has 140 valence electrons. The summed E-state index contributed by atoms with van der Waals surface area (Å²) in [7, 11) is 1.62. The Labute approximate surface area is 162 Å². The van der Waals surface area contributed by atoms with Crippen LogP contribution in [0.3, 0.4) is 0 Å². The van der Waals surface area contributed by atoms with Crippen molar-refractivity contribution in [3.63, 3.8) is 0 Å². The summed E-state index contributed by atoms with van der Waals surface area (Å²) < 4.78 is 12.3. The molecule has 0 saturated heterocycles. The zero-order valence-electron chi connectivity index (χ0n) is 15.3. The molecular weight excluding hydrogens is 354 g/mol. The van der Waals surface area contributed by atoms with Gasteiger partial charge in [0.1, 0.15) is 11.4 Å². The molecule has 0 atom stereocenters. The molecule has 0 unspecified atom stereocenters. The van der Waals surface area contributed by atoms with E-state index in [9.17, 15) is 4.79 Å². The fourth-order valence-electron chi connectivity index (χ4n) is 2.87. The average Bonchev–Trinajstić information content (AvgIpc) is 3.43. The fraction of sp³-hybridized carbons (Fsp3) is 0.0909. The van der Waals surface area contributed by atoms with Crippen LogP contribution >= 0.6 is 0 Å². The monoisotopic (exact) mass is 373 g/mol. The topological polar surface area (TPSA) is 69.3 Å². The molecule has 1 N–H and O–H groups in total. The van der Waals surface area contributed by atoms with E-state index in [0.717, 1.165) is 17.0 Å². The number of carbonyl (C=O) groups is 1. The van der Waals surface area contributed by atoms with Crippen molar-refractivity contribution in [3.05, 3.63) is 90.3 Å². The Bertz CT molecular complexity index is 1050. The van der Waals surface area contributed by atoms with Crippen molar-refractivity contribution in [2.75, 3.05) is 7.11 Å². The van der Waals surface area contributed by atoms with Gasteiger partial charge >= 0.3 is 0 Å². The molecule has 0 saturated carbocycles. The lowest BCUT2D eigenvalue weighted by molar-refractivity contribution is 0.0951. The van der Waals surface area contributed by atoms with Gasteiger partial charge in [-0.25, -0.2) is 4.68 Å².